The number of anilines is 1. The molecule has 0 unspecified atom stereocenters. The minimum Gasteiger partial charge on any atom is -0.465 e. The van der Waals surface area contributed by atoms with Crippen LogP contribution in [-0.2, 0) is 4.74 Å². The summed E-state index contributed by atoms with van der Waals surface area (Å²) in [7, 11) is 1.22. The highest BCUT2D eigenvalue weighted by atomic mass is 19.1. The molecular formula is C15H11FN2O5. The highest BCUT2D eigenvalue weighted by molar-refractivity contribution is 6.05. The summed E-state index contributed by atoms with van der Waals surface area (Å²) in [5, 5.41) is 13.1. The van der Waals surface area contributed by atoms with Crippen LogP contribution in [-0.4, -0.2) is 23.9 Å². The van der Waals surface area contributed by atoms with E-state index in [1.165, 1.54) is 37.4 Å². The van der Waals surface area contributed by atoms with Crippen LogP contribution < -0.4 is 5.32 Å². The maximum Gasteiger partial charge on any atom is 0.337 e. The Labute approximate surface area is 129 Å². The normalized spacial score (nSPS) is 10.0. The molecule has 1 N–H and O–H groups in total. The minimum atomic E-state index is -0.999. The van der Waals surface area contributed by atoms with E-state index >= 15 is 0 Å². The molecule has 0 heterocycles. The molecule has 2 aromatic rings. The van der Waals surface area contributed by atoms with E-state index in [0.717, 1.165) is 12.1 Å². The van der Waals surface area contributed by atoms with Crippen LogP contribution in [0.5, 0.6) is 0 Å². The molecule has 8 heteroatoms. The van der Waals surface area contributed by atoms with Gasteiger partial charge in [0, 0.05) is 17.3 Å². The molecule has 0 saturated carbocycles. The number of benzene rings is 2. The second-order valence-electron chi connectivity index (χ2n) is 4.45. The molecule has 0 atom stereocenters. The van der Waals surface area contributed by atoms with Gasteiger partial charge in [0.05, 0.1) is 17.6 Å². The summed E-state index contributed by atoms with van der Waals surface area (Å²) in [5.41, 5.74) is -0.345. The highest BCUT2D eigenvalue weighted by Gasteiger charge is 2.16. The zero-order valence-electron chi connectivity index (χ0n) is 11.9. The number of nitro groups is 1. The molecule has 0 aliphatic heterocycles. The number of nitrogens with zero attached hydrogens (tertiary/aromatic N) is 1. The Hall–Kier alpha value is -3.29. The summed E-state index contributed by atoms with van der Waals surface area (Å²) >= 11 is 0. The van der Waals surface area contributed by atoms with Crippen molar-refractivity contribution in [1.82, 2.24) is 0 Å². The maximum absolute atomic E-state index is 13.3. The third kappa shape index (κ3) is 3.67. The first-order valence-electron chi connectivity index (χ1n) is 6.36. The number of hydrogen-bond acceptors (Lipinski definition) is 5. The first-order valence-corrected chi connectivity index (χ1v) is 6.36. The SMILES string of the molecule is COC(=O)c1cccc(C(=O)Nc2ccc(F)c([N+](=O)[O-])c2)c1. The summed E-state index contributed by atoms with van der Waals surface area (Å²) in [6.07, 6.45) is 0. The molecule has 0 fully saturated rings. The van der Waals surface area contributed by atoms with Gasteiger partial charge >= 0.3 is 11.7 Å². The number of carbonyl (C=O) groups excluding carboxylic acids is 2. The first-order chi connectivity index (χ1) is 10.9. The molecule has 7 nitrogen and oxygen atoms in total. The van der Waals surface area contributed by atoms with E-state index in [4.69, 9.17) is 0 Å². The lowest BCUT2D eigenvalue weighted by Crippen LogP contribution is -2.13. The monoisotopic (exact) mass is 318 g/mol. The summed E-state index contributed by atoms with van der Waals surface area (Å²) < 4.78 is 17.8. The van der Waals surface area contributed by atoms with E-state index in [0.29, 0.717) is 0 Å². The fourth-order valence-electron chi connectivity index (χ4n) is 1.84. The lowest BCUT2D eigenvalue weighted by molar-refractivity contribution is -0.387. The number of halogens is 1. The van der Waals surface area contributed by atoms with Gasteiger partial charge in [0.2, 0.25) is 5.82 Å². The van der Waals surface area contributed by atoms with Crippen LogP contribution in [0.1, 0.15) is 20.7 Å². The predicted octanol–water partition coefficient (Wildman–Crippen LogP) is 2.77. The van der Waals surface area contributed by atoms with Crippen molar-refractivity contribution in [3.63, 3.8) is 0 Å². The third-order valence-corrected chi connectivity index (χ3v) is 2.95. The van der Waals surface area contributed by atoms with Crippen LogP contribution in [0.3, 0.4) is 0 Å². The average Bonchev–Trinajstić information content (AvgIpc) is 2.55. The Bertz CT molecular complexity index is 791. The number of esters is 1. The lowest BCUT2D eigenvalue weighted by atomic mass is 10.1. The van der Waals surface area contributed by atoms with E-state index in [1.54, 1.807) is 0 Å². The smallest absolute Gasteiger partial charge is 0.337 e. The van der Waals surface area contributed by atoms with Crippen molar-refractivity contribution in [2.75, 3.05) is 12.4 Å². The quantitative estimate of drug-likeness (QED) is 0.531. The van der Waals surface area contributed by atoms with E-state index in [1.807, 2.05) is 0 Å². The van der Waals surface area contributed by atoms with Crippen LogP contribution in [0.2, 0.25) is 0 Å². The van der Waals surface area contributed by atoms with Crippen molar-refractivity contribution in [3.8, 4) is 0 Å². The summed E-state index contributed by atoms with van der Waals surface area (Å²) in [6.45, 7) is 0. The van der Waals surface area contributed by atoms with Gasteiger partial charge in [0.1, 0.15) is 0 Å². The predicted molar refractivity (Wildman–Crippen MR) is 78.8 cm³/mol. The fraction of sp³-hybridized carbons (Fsp3) is 0.0667. The number of methoxy groups -OCH3 is 1. The molecule has 23 heavy (non-hydrogen) atoms. The molecule has 0 radical (unpaired) electrons. The standard InChI is InChI=1S/C15H11FN2O5/c1-23-15(20)10-4-2-3-9(7-10)14(19)17-11-5-6-12(16)13(8-11)18(21)22/h2-8H,1H3,(H,17,19). The maximum atomic E-state index is 13.3. The topological polar surface area (TPSA) is 98.5 Å². The Morgan fingerprint density at radius 1 is 1.17 bits per heavy atom. The summed E-state index contributed by atoms with van der Waals surface area (Å²) in [5.74, 6) is -2.20. The van der Waals surface area contributed by atoms with Gasteiger partial charge in [-0.15, -0.1) is 0 Å². The molecule has 0 spiro atoms. The van der Waals surface area contributed by atoms with E-state index < -0.39 is 28.3 Å². The van der Waals surface area contributed by atoms with Gasteiger partial charge in [0.25, 0.3) is 5.91 Å². The van der Waals surface area contributed by atoms with Gasteiger partial charge in [0.15, 0.2) is 0 Å². The minimum absolute atomic E-state index is 0.0616. The second-order valence-corrected chi connectivity index (χ2v) is 4.45. The largest absolute Gasteiger partial charge is 0.465 e. The van der Waals surface area contributed by atoms with E-state index in [9.17, 15) is 24.1 Å². The zero-order valence-corrected chi connectivity index (χ0v) is 11.9. The van der Waals surface area contributed by atoms with Crippen LogP contribution in [0.15, 0.2) is 42.5 Å². The Morgan fingerprint density at radius 2 is 1.87 bits per heavy atom. The number of nitro benzene ring substituents is 1. The number of ether oxygens (including phenoxy) is 1. The van der Waals surface area contributed by atoms with Gasteiger partial charge in [-0.3, -0.25) is 14.9 Å². The molecule has 0 bridgehead atoms. The number of rotatable bonds is 4. The number of amides is 1. The van der Waals surface area contributed by atoms with E-state index in [-0.39, 0.29) is 16.8 Å². The Balaban J connectivity index is 2.24. The van der Waals surface area contributed by atoms with Gasteiger partial charge in [-0.25, -0.2) is 4.79 Å². The van der Waals surface area contributed by atoms with Crippen molar-refractivity contribution >= 4 is 23.3 Å². The Kier molecular flexibility index (Phi) is 4.65. The molecule has 118 valence electrons. The fourth-order valence-corrected chi connectivity index (χ4v) is 1.84. The van der Waals surface area contributed by atoms with Crippen molar-refractivity contribution in [3.05, 3.63) is 69.5 Å². The molecule has 2 rings (SSSR count). The van der Waals surface area contributed by atoms with Crippen molar-refractivity contribution in [1.29, 1.82) is 0 Å². The molecule has 0 saturated heterocycles. The van der Waals surface area contributed by atoms with Gasteiger partial charge < -0.3 is 10.1 Å². The van der Waals surface area contributed by atoms with Crippen LogP contribution in [0, 0.1) is 15.9 Å². The first kappa shape index (κ1) is 16.1. The Morgan fingerprint density at radius 3 is 2.52 bits per heavy atom. The summed E-state index contributed by atoms with van der Waals surface area (Å²) in [6, 6.07) is 8.75. The number of hydrogen-bond donors (Lipinski definition) is 1. The van der Waals surface area contributed by atoms with Crippen molar-refractivity contribution < 1.29 is 23.6 Å². The summed E-state index contributed by atoms with van der Waals surface area (Å²) in [4.78, 5) is 33.3. The van der Waals surface area contributed by atoms with Crippen LogP contribution >= 0.6 is 0 Å². The van der Waals surface area contributed by atoms with Crippen LogP contribution in [0.25, 0.3) is 0 Å². The van der Waals surface area contributed by atoms with Gasteiger partial charge in [-0.1, -0.05) is 6.07 Å². The van der Waals surface area contributed by atoms with Crippen LogP contribution in [0.4, 0.5) is 15.8 Å². The molecule has 0 aromatic heterocycles. The second kappa shape index (κ2) is 6.65. The van der Waals surface area contributed by atoms with Crippen molar-refractivity contribution in [2.45, 2.75) is 0 Å². The zero-order chi connectivity index (χ0) is 17.0. The van der Waals surface area contributed by atoms with Gasteiger partial charge in [-0.2, -0.15) is 4.39 Å². The molecule has 1 amide bonds. The third-order valence-electron chi connectivity index (χ3n) is 2.95. The average molecular weight is 318 g/mol. The molecular weight excluding hydrogens is 307 g/mol. The van der Waals surface area contributed by atoms with Gasteiger partial charge in [-0.05, 0) is 30.3 Å². The van der Waals surface area contributed by atoms with E-state index in [2.05, 4.69) is 10.1 Å². The molecule has 0 aliphatic rings. The molecule has 2 aromatic carbocycles. The highest BCUT2D eigenvalue weighted by Crippen LogP contribution is 2.22. The molecule has 0 aliphatic carbocycles. The number of carbonyl (C=O) groups is 2. The lowest BCUT2D eigenvalue weighted by Gasteiger charge is -2.06. The number of nitrogens with one attached hydrogen (secondary N) is 1. The van der Waals surface area contributed by atoms with Crippen molar-refractivity contribution in [2.24, 2.45) is 0 Å².